The molecule has 0 atom stereocenters. The van der Waals surface area contributed by atoms with Gasteiger partial charge in [-0.1, -0.05) is 0 Å². The Morgan fingerprint density at radius 3 is 2.56 bits per heavy atom. The van der Waals surface area contributed by atoms with Gasteiger partial charge in [0.15, 0.2) is 0 Å². The maximum Gasteiger partial charge on any atom is 0.417 e. The standard InChI is InChI=1S/C11H9F3N4/c12-11(13,14)9-3-2-7(6-8(9)10(15)16)18-5-1-4-17-18/h1-6H,(H3,15,16). The molecule has 0 aliphatic rings. The van der Waals surface area contributed by atoms with Crippen LogP contribution < -0.4 is 5.73 Å². The van der Waals surface area contributed by atoms with E-state index in [2.05, 4.69) is 5.10 Å². The Hall–Kier alpha value is -2.31. The quantitative estimate of drug-likeness (QED) is 0.637. The average molecular weight is 254 g/mol. The van der Waals surface area contributed by atoms with E-state index >= 15 is 0 Å². The van der Waals surface area contributed by atoms with Gasteiger partial charge in [0.2, 0.25) is 0 Å². The van der Waals surface area contributed by atoms with Gasteiger partial charge in [-0.25, -0.2) is 4.68 Å². The molecule has 94 valence electrons. The number of halogens is 3. The molecule has 0 radical (unpaired) electrons. The van der Waals surface area contributed by atoms with Crippen LogP contribution in [0.4, 0.5) is 13.2 Å². The molecule has 2 rings (SSSR count). The topological polar surface area (TPSA) is 67.7 Å². The van der Waals surface area contributed by atoms with Crippen molar-refractivity contribution < 1.29 is 13.2 Å². The zero-order chi connectivity index (χ0) is 13.3. The Bertz CT molecular complexity index is 572. The van der Waals surface area contributed by atoms with Crippen LogP contribution in [-0.4, -0.2) is 15.6 Å². The summed E-state index contributed by atoms with van der Waals surface area (Å²) in [5.74, 6) is -0.628. The van der Waals surface area contributed by atoms with Crippen molar-refractivity contribution in [1.29, 1.82) is 5.41 Å². The van der Waals surface area contributed by atoms with E-state index in [1.54, 1.807) is 12.3 Å². The Labute approximate surface area is 100 Å². The van der Waals surface area contributed by atoms with Crippen LogP contribution in [0.25, 0.3) is 5.69 Å². The van der Waals surface area contributed by atoms with Gasteiger partial charge in [0, 0.05) is 18.0 Å². The van der Waals surface area contributed by atoms with Crippen LogP contribution in [0.15, 0.2) is 36.7 Å². The number of nitrogens with one attached hydrogen (secondary N) is 1. The van der Waals surface area contributed by atoms with Crippen molar-refractivity contribution in [3.63, 3.8) is 0 Å². The van der Waals surface area contributed by atoms with E-state index in [1.165, 1.54) is 23.0 Å². The molecular formula is C11H9F3N4. The summed E-state index contributed by atoms with van der Waals surface area (Å²) in [5.41, 5.74) is 4.33. The lowest BCUT2D eigenvalue weighted by Crippen LogP contribution is -2.19. The fourth-order valence-corrected chi connectivity index (χ4v) is 1.57. The molecule has 0 aliphatic carbocycles. The van der Waals surface area contributed by atoms with Crippen LogP contribution in [0, 0.1) is 5.41 Å². The predicted molar refractivity (Wildman–Crippen MR) is 59.6 cm³/mol. The third-order valence-corrected chi connectivity index (χ3v) is 2.37. The van der Waals surface area contributed by atoms with Crippen LogP contribution in [0.1, 0.15) is 11.1 Å². The fraction of sp³-hybridized carbons (Fsp3) is 0.0909. The summed E-state index contributed by atoms with van der Waals surface area (Å²) in [4.78, 5) is 0. The summed E-state index contributed by atoms with van der Waals surface area (Å²) >= 11 is 0. The van der Waals surface area contributed by atoms with E-state index < -0.39 is 17.6 Å². The second-order valence-corrected chi connectivity index (χ2v) is 3.59. The van der Waals surface area contributed by atoms with Crippen LogP contribution in [-0.2, 0) is 6.18 Å². The van der Waals surface area contributed by atoms with Gasteiger partial charge < -0.3 is 5.73 Å². The number of hydrogen-bond donors (Lipinski definition) is 2. The lowest BCUT2D eigenvalue weighted by Gasteiger charge is -2.13. The number of nitrogen functional groups attached to an aromatic ring is 1. The van der Waals surface area contributed by atoms with Crippen LogP contribution in [0.5, 0.6) is 0 Å². The highest BCUT2D eigenvalue weighted by atomic mass is 19.4. The highest BCUT2D eigenvalue weighted by Crippen LogP contribution is 2.32. The first kappa shape index (κ1) is 12.2. The Morgan fingerprint density at radius 2 is 2.06 bits per heavy atom. The molecule has 0 bridgehead atoms. The minimum atomic E-state index is -4.54. The number of aromatic nitrogens is 2. The maximum absolute atomic E-state index is 12.7. The fourth-order valence-electron chi connectivity index (χ4n) is 1.57. The monoisotopic (exact) mass is 254 g/mol. The van der Waals surface area contributed by atoms with Gasteiger partial charge in [0.1, 0.15) is 5.84 Å². The molecule has 0 amide bonds. The van der Waals surface area contributed by atoms with Crippen LogP contribution in [0.2, 0.25) is 0 Å². The van der Waals surface area contributed by atoms with E-state index in [9.17, 15) is 13.2 Å². The zero-order valence-corrected chi connectivity index (χ0v) is 9.07. The highest BCUT2D eigenvalue weighted by molar-refractivity contribution is 5.97. The van der Waals surface area contributed by atoms with Crippen LogP contribution in [0.3, 0.4) is 0 Å². The minimum Gasteiger partial charge on any atom is -0.384 e. The smallest absolute Gasteiger partial charge is 0.384 e. The number of benzene rings is 1. The van der Waals surface area contributed by atoms with Gasteiger partial charge in [0.05, 0.1) is 11.3 Å². The highest BCUT2D eigenvalue weighted by Gasteiger charge is 2.34. The van der Waals surface area contributed by atoms with Gasteiger partial charge in [-0.15, -0.1) is 0 Å². The van der Waals surface area contributed by atoms with Crippen molar-refractivity contribution in [2.24, 2.45) is 5.73 Å². The minimum absolute atomic E-state index is 0.351. The van der Waals surface area contributed by atoms with Crippen molar-refractivity contribution >= 4 is 5.84 Å². The third-order valence-electron chi connectivity index (χ3n) is 2.37. The van der Waals surface area contributed by atoms with Crippen molar-refractivity contribution in [3.05, 3.63) is 47.8 Å². The Morgan fingerprint density at radius 1 is 1.33 bits per heavy atom. The van der Waals surface area contributed by atoms with Crippen molar-refractivity contribution in [2.45, 2.75) is 6.18 Å². The molecule has 18 heavy (non-hydrogen) atoms. The first-order valence-corrected chi connectivity index (χ1v) is 4.95. The van der Waals surface area contributed by atoms with E-state index in [1.807, 2.05) is 0 Å². The number of nitrogens with two attached hydrogens (primary N) is 1. The third kappa shape index (κ3) is 2.20. The lowest BCUT2D eigenvalue weighted by molar-refractivity contribution is -0.137. The zero-order valence-electron chi connectivity index (χ0n) is 9.07. The molecule has 1 aromatic carbocycles. The van der Waals surface area contributed by atoms with Gasteiger partial charge in [-0.05, 0) is 24.3 Å². The van der Waals surface area contributed by atoms with E-state index in [4.69, 9.17) is 11.1 Å². The molecule has 0 saturated carbocycles. The molecule has 4 nitrogen and oxygen atoms in total. The number of amidine groups is 1. The van der Waals surface area contributed by atoms with E-state index in [0.717, 1.165) is 6.07 Å². The maximum atomic E-state index is 12.7. The van der Waals surface area contributed by atoms with Crippen molar-refractivity contribution in [2.75, 3.05) is 0 Å². The molecule has 0 aliphatic heterocycles. The molecule has 0 fully saturated rings. The molecule has 0 unspecified atom stereocenters. The lowest BCUT2D eigenvalue weighted by atomic mass is 10.1. The largest absolute Gasteiger partial charge is 0.417 e. The first-order chi connectivity index (χ1) is 8.39. The van der Waals surface area contributed by atoms with Gasteiger partial charge in [-0.2, -0.15) is 18.3 Å². The second-order valence-electron chi connectivity index (χ2n) is 3.59. The predicted octanol–water partition coefficient (Wildman–Crippen LogP) is 2.18. The molecule has 1 aromatic heterocycles. The summed E-state index contributed by atoms with van der Waals surface area (Å²) in [5, 5.41) is 11.1. The molecule has 3 N–H and O–H groups in total. The van der Waals surface area contributed by atoms with E-state index in [0.29, 0.717) is 5.69 Å². The second kappa shape index (κ2) is 4.17. The summed E-state index contributed by atoms with van der Waals surface area (Å²) < 4.78 is 39.5. The molecule has 7 heteroatoms. The average Bonchev–Trinajstić information content (AvgIpc) is 2.80. The van der Waals surface area contributed by atoms with Gasteiger partial charge in [-0.3, -0.25) is 5.41 Å². The Kier molecular flexibility index (Phi) is 2.82. The molecule has 2 aromatic rings. The van der Waals surface area contributed by atoms with Crippen molar-refractivity contribution in [1.82, 2.24) is 9.78 Å². The van der Waals surface area contributed by atoms with E-state index in [-0.39, 0.29) is 5.56 Å². The normalized spacial score (nSPS) is 11.5. The van der Waals surface area contributed by atoms with Crippen LogP contribution >= 0.6 is 0 Å². The number of alkyl halides is 3. The molecule has 0 spiro atoms. The summed E-state index contributed by atoms with van der Waals surface area (Å²) in [6, 6.07) is 5.01. The molecular weight excluding hydrogens is 245 g/mol. The summed E-state index contributed by atoms with van der Waals surface area (Å²) in [6.45, 7) is 0. The summed E-state index contributed by atoms with van der Waals surface area (Å²) in [6.07, 6.45) is -1.44. The molecule has 0 saturated heterocycles. The number of hydrogen-bond acceptors (Lipinski definition) is 2. The number of rotatable bonds is 2. The SMILES string of the molecule is N=C(N)c1cc(-n2cccn2)ccc1C(F)(F)F. The van der Waals surface area contributed by atoms with Crippen molar-refractivity contribution in [3.8, 4) is 5.69 Å². The van der Waals surface area contributed by atoms with Gasteiger partial charge >= 0.3 is 6.18 Å². The number of nitrogens with zero attached hydrogens (tertiary/aromatic N) is 2. The van der Waals surface area contributed by atoms with Gasteiger partial charge in [0.25, 0.3) is 0 Å². The molecule has 1 heterocycles. The first-order valence-electron chi connectivity index (χ1n) is 4.95. The summed E-state index contributed by atoms with van der Waals surface area (Å²) in [7, 11) is 0. The Balaban J connectivity index is 2.58.